The summed E-state index contributed by atoms with van der Waals surface area (Å²) in [6.45, 7) is 8.20. The van der Waals surface area contributed by atoms with Gasteiger partial charge in [0.1, 0.15) is 12.2 Å². The van der Waals surface area contributed by atoms with Crippen molar-refractivity contribution in [3.05, 3.63) is 12.2 Å². The van der Waals surface area contributed by atoms with E-state index < -0.39 is 0 Å². The number of nitrogens with two attached hydrogens (primary N) is 1. The van der Waals surface area contributed by atoms with E-state index in [0.717, 1.165) is 31.8 Å². The lowest BCUT2D eigenvalue weighted by Gasteiger charge is -2.21. The summed E-state index contributed by atoms with van der Waals surface area (Å²) in [6.07, 6.45) is 3.73. The Morgan fingerprint density at radius 2 is 2.33 bits per heavy atom. The molecule has 18 heavy (non-hydrogen) atoms. The summed E-state index contributed by atoms with van der Waals surface area (Å²) < 4.78 is 7.55. The fourth-order valence-electron chi connectivity index (χ4n) is 2.62. The van der Waals surface area contributed by atoms with Gasteiger partial charge in [-0.25, -0.2) is 9.67 Å². The lowest BCUT2D eigenvalue weighted by atomic mass is 9.92. The van der Waals surface area contributed by atoms with Crippen LogP contribution in [0.4, 0.5) is 0 Å². The highest BCUT2D eigenvalue weighted by molar-refractivity contribution is 4.93. The maximum Gasteiger partial charge on any atom is 0.138 e. The molecule has 0 aliphatic carbocycles. The van der Waals surface area contributed by atoms with Crippen LogP contribution in [0.15, 0.2) is 6.33 Å². The van der Waals surface area contributed by atoms with E-state index >= 15 is 0 Å². The van der Waals surface area contributed by atoms with Crippen molar-refractivity contribution in [1.29, 1.82) is 0 Å². The third-order valence-corrected chi connectivity index (χ3v) is 3.64. The van der Waals surface area contributed by atoms with E-state index in [1.54, 1.807) is 6.33 Å². The molecule has 5 nitrogen and oxygen atoms in total. The Bertz CT molecular complexity index is 377. The van der Waals surface area contributed by atoms with Crippen molar-refractivity contribution in [3.63, 3.8) is 0 Å². The van der Waals surface area contributed by atoms with Crippen LogP contribution in [0, 0.1) is 11.8 Å². The van der Waals surface area contributed by atoms with Gasteiger partial charge in [-0.05, 0) is 19.3 Å². The van der Waals surface area contributed by atoms with Crippen molar-refractivity contribution in [2.24, 2.45) is 17.6 Å². The van der Waals surface area contributed by atoms with Crippen LogP contribution in [0.1, 0.15) is 33.0 Å². The Morgan fingerprint density at radius 3 is 2.94 bits per heavy atom. The monoisotopic (exact) mass is 252 g/mol. The predicted octanol–water partition coefficient (Wildman–Crippen LogP) is 1.23. The molecule has 0 saturated carbocycles. The molecule has 5 heteroatoms. The van der Waals surface area contributed by atoms with Gasteiger partial charge in [0, 0.05) is 31.5 Å². The lowest BCUT2D eigenvalue weighted by molar-refractivity contribution is 0.0992. The van der Waals surface area contributed by atoms with Gasteiger partial charge < -0.3 is 10.5 Å². The summed E-state index contributed by atoms with van der Waals surface area (Å²) in [5.74, 6) is 2.00. The van der Waals surface area contributed by atoms with E-state index in [1.165, 1.54) is 0 Å². The largest absolute Gasteiger partial charge is 0.378 e. The second kappa shape index (κ2) is 5.80. The van der Waals surface area contributed by atoms with Gasteiger partial charge >= 0.3 is 0 Å². The number of rotatable bonds is 5. The van der Waals surface area contributed by atoms with Gasteiger partial charge in [0.05, 0.1) is 6.10 Å². The summed E-state index contributed by atoms with van der Waals surface area (Å²) in [7, 11) is 0. The molecule has 1 fully saturated rings. The first-order valence-electron chi connectivity index (χ1n) is 6.81. The molecule has 0 radical (unpaired) electrons. The summed E-state index contributed by atoms with van der Waals surface area (Å²) in [4.78, 5) is 4.34. The zero-order chi connectivity index (χ0) is 13.1. The molecule has 0 bridgehead atoms. The molecule has 3 atom stereocenters. The van der Waals surface area contributed by atoms with Gasteiger partial charge in [0.2, 0.25) is 0 Å². The van der Waals surface area contributed by atoms with E-state index in [9.17, 15) is 0 Å². The standard InChI is InChI=1S/C13H24N4O/c1-9(2)7-17-13(15-8-16-17)6-12(14)11-4-5-18-10(11)3/h8-12H,4-7,14H2,1-3H3. The van der Waals surface area contributed by atoms with Crippen molar-refractivity contribution < 1.29 is 4.74 Å². The molecule has 1 aliphatic rings. The van der Waals surface area contributed by atoms with Crippen LogP contribution >= 0.6 is 0 Å². The van der Waals surface area contributed by atoms with Crippen molar-refractivity contribution >= 4 is 0 Å². The van der Waals surface area contributed by atoms with Crippen LogP contribution in [0.25, 0.3) is 0 Å². The van der Waals surface area contributed by atoms with Crippen molar-refractivity contribution in [1.82, 2.24) is 14.8 Å². The minimum absolute atomic E-state index is 0.109. The second-order valence-electron chi connectivity index (χ2n) is 5.65. The fourth-order valence-corrected chi connectivity index (χ4v) is 2.62. The molecule has 1 aromatic heterocycles. The van der Waals surface area contributed by atoms with Crippen LogP contribution in [0.3, 0.4) is 0 Å². The van der Waals surface area contributed by atoms with Gasteiger partial charge in [0.25, 0.3) is 0 Å². The Morgan fingerprint density at radius 1 is 1.56 bits per heavy atom. The molecule has 1 aromatic rings. The molecular formula is C13H24N4O. The number of hydrogen-bond acceptors (Lipinski definition) is 4. The summed E-state index contributed by atoms with van der Waals surface area (Å²) >= 11 is 0. The minimum atomic E-state index is 0.109. The molecule has 0 spiro atoms. The highest BCUT2D eigenvalue weighted by Crippen LogP contribution is 2.24. The van der Waals surface area contributed by atoms with Gasteiger partial charge in [-0.2, -0.15) is 5.10 Å². The van der Waals surface area contributed by atoms with Gasteiger partial charge in [0.15, 0.2) is 0 Å². The summed E-state index contributed by atoms with van der Waals surface area (Å²) in [5.41, 5.74) is 6.30. The van der Waals surface area contributed by atoms with E-state index in [-0.39, 0.29) is 12.1 Å². The topological polar surface area (TPSA) is 66.0 Å². The lowest BCUT2D eigenvalue weighted by Crippen LogP contribution is -2.37. The van der Waals surface area contributed by atoms with Gasteiger partial charge in [-0.1, -0.05) is 13.8 Å². The first-order valence-corrected chi connectivity index (χ1v) is 6.81. The summed E-state index contributed by atoms with van der Waals surface area (Å²) in [5, 5.41) is 4.27. The molecule has 0 amide bonds. The second-order valence-corrected chi connectivity index (χ2v) is 5.65. The number of ether oxygens (including phenoxy) is 1. The normalized spacial score (nSPS) is 25.8. The van der Waals surface area contributed by atoms with Gasteiger partial charge in [-0.3, -0.25) is 0 Å². The number of nitrogens with zero attached hydrogens (tertiary/aromatic N) is 3. The smallest absolute Gasteiger partial charge is 0.138 e. The first kappa shape index (κ1) is 13.5. The minimum Gasteiger partial charge on any atom is -0.378 e. The van der Waals surface area contributed by atoms with E-state index in [1.807, 2.05) is 4.68 Å². The number of aromatic nitrogens is 3. The van der Waals surface area contributed by atoms with E-state index in [0.29, 0.717) is 11.8 Å². The molecule has 2 rings (SSSR count). The SMILES string of the molecule is CC(C)Cn1ncnc1CC(N)C1CCOC1C. The molecule has 1 aliphatic heterocycles. The van der Waals surface area contributed by atoms with Crippen LogP contribution < -0.4 is 5.73 Å². The van der Waals surface area contributed by atoms with E-state index in [2.05, 4.69) is 30.9 Å². The van der Waals surface area contributed by atoms with Crippen molar-refractivity contribution in [3.8, 4) is 0 Å². The number of hydrogen-bond donors (Lipinski definition) is 1. The average Bonchev–Trinajstić information content (AvgIpc) is 2.88. The average molecular weight is 252 g/mol. The van der Waals surface area contributed by atoms with Crippen LogP contribution in [-0.4, -0.2) is 33.5 Å². The molecule has 2 heterocycles. The summed E-state index contributed by atoms with van der Waals surface area (Å²) in [6, 6.07) is 0.109. The maximum atomic E-state index is 6.30. The molecule has 0 aromatic carbocycles. The highest BCUT2D eigenvalue weighted by atomic mass is 16.5. The first-order chi connectivity index (χ1) is 8.58. The van der Waals surface area contributed by atoms with Crippen molar-refractivity contribution in [2.45, 2.75) is 52.3 Å². The maximum absolute atomic E-state index is 6.30. The molecule has 1 saturated heterocycles. The van der Waals surface area contributed by atoms with Gasteiger partial charge in [-0.15, -0.1) is 0 Å². The predicted molar refractivity (Wildman–Crippen MR) is 70.1 cm³/mol. The zero-order valence-corrected chi connectivity index (χ0v) is 11.5. The third-order valence-electron chi connectivity index (χ3n) is 3.64. The Hall–Kier alpha value is -0.940. The highest BCUT2D eigenvalue weighted by Gasteiger charge is 2.30. The molecule has 2 N–H and O–H groups in total. The molecule has 102 valence electrons. The zero-order valence-electron chi connectivity index (χ0n) is 11.5. The van der Waals surface area contributed by atoms with Crippen molar-refractivity contribution in [2.75, 3.05) is 6.61 Å². The Kier molecular flexibility index (Phi) is 4.35. The third kappa shape index (κ3) is 3.09. The Balaban J connectivity index is 1.98. The quantitative estimate of drug-likeness (QED) is 0.856. The van der Waals surface area contributed by atoms with Crippen LogP contribution in [-0.2, 0) is 17.7 Å². The molecule has 3 unspecified atom stereocenters. The van der Waals surface area contributed by atoms with Crippen LogP contribution in [0.2, 0.25) is 0 Å². The molecular weight excluding hydrogens is 228 g/mol. The fraction of sp³-hybridized carbons (Fsp3) is 0.846. The Labute approximate surface area is 109 Å². The van der Waals surface area contributed by atoms with Crippen LogP contribution in [0.5, 0.6) is 0 Å². The van der Waals surface area contributed by atoms with E-state index in [4.69, 9.17) is 10.5 Å².